The molecule has 0 aromatic heterocycles. The zero-order valence-corrected chi connectivity index (χ0v) is 16.3. The average Bonchev–Trinajstić information content (AvgIpc) is 2.89. The summed E-state index contributed by atoms with van der Waals surface area (Å²) in [5, 5.41) is 20.8. The SMILES string of the molecule is CCCCCc1cc(O)c2c(c1C(=O)O)O[C@@H]1CCC3C(C)(C)[C@H]2[C@@]31C. The predicted octanol–water partition coefficient (Wildman–Crippen LogP) is 5.12. The van der Waals surface area contributed by atoms with Crippen LogP contribution in [-0.4, -0.2) is 22.3 Å². The maximum absolute atomic E-state index is 12.1. The summed E-state index contributed by atoms with van der Waals surface area (Å²) in [6, 6.07) is 1.70. The van der Waals surface area contributed by atoms with Crippen LogP contribution in [0.2, 0.25) is 0 Å². The van der Waals surface area contributed by atoms with Crippen molar-refractivity contribution in [1.82, 2.24) is 0 Å². The van der Waals surface area contributed by atoms with E-state index < -0.39 is 5.97 Å². The van der Waals surface area contributed by atoms with E-state index in [2.05, 4.69) is 27.7 Å². The molecule has 2 N–H and O–H groups in total. The maximum atomic E-state index is 12.1. The van der Waals surface area contributed by atoms with E-state index in [-0.39, 0.29) is 34.2 Å². The first-order valence-corrected chi connectivity index (χ1v) is 10.0. The van der Waals surface area contributed by atoms with Gasteiger partial charge in [-0.15, -0.1) is 0 Å². The number of fused-ring (bicyclic) bond motifs is 2. The minimum atomic E-state index is -0.942. The van der Waals surface area contributed by atoms with Gasteiger partial charge in [-0.25, -0.2) is 4.79 Å². The van der Waals surface area contributed by atoms with E-state index in [4.69, 9.17) is 4.74 Å². The highest BCUT2D eigenvalue weighted by atomic mass is 16.5. The van der Waals surface area contributed by atoms with Gasteiger partial charge in [0, 0.05) is 16.9 Å². The van der Waals surface area contributed by atoms with Gasteiger partial charge in [0.1, 0.15) is 23.2 Å². The Balaban J connectivity index is 1.87. The van der Waals surface area contributed by atoms with Crippen LogP contribution < -0.4 is 4.74 Å². The number of benzene rings is 1. The van der Waals surface area contributed by atoms with Gasteiger partial charge in [0.05, 0.1) is 0 Å². The first-order chi connectivity index (χ1) is 12.2. The van der Waals surface area contributed by atoms with E-state index >= 15 is 0 Å². The van der Waals surface area contributed by atoms with E-state index in [0.717, 1.165) is 37.7 Å². The summed E-state index contributed by atoms with van der Waals surface area (Å²) < 4.78 is 6.33. The molecule has 2 aliphatic carbocycles. The largest absolute Gasteiger partial charge is 0.508 e. The Morgan fingerprint density at radius 2 is 2.00 bits per heavy atom. The van der Waals surface area contributed by atoms with Gasteiger partial charge < -0.3 is 14.9 Å². The number of hydrogen-bond donors (Lipinski definition) is 2. The Morgan fingerprint density at radius 3 is 2.65 bits per heavy atom. The van der Waals surface area contributed by atoms with Crippen LogP contribution >= 0.6 is 0 Å². The summed E-state index contributed by atoms with van der Waals surface area (Å²) in [6.07, 6.45) is 5.86. The molecule has 0 amide bonds. The summed E-state index contributed by atoms with van der Waals surface area (Å²) in [6.45, 7) is 8.91. The molecule has 4 heteroatoms. The second kappa shape index (κ2) is 5.64. The molecule has 1 unspecified atom stereocenters. The smallest absolute Gasteiger partial charge is 0.339 e. The minimum absolute atomic E-state index is 0.00742. The molecule has 2 fully saturated rings. The Hall–Kier alpha value is -1.71. The summed E-state index contributed by atoms with van der Waals surface area (Å²) in [5.74, 6) is 0.446. The van der Waals surface area contributed by atoms with Gasteiger partial charge in [-0.1, -0.05) is 40.5 Å². The van der Waals surface area contributed by atoms with Gasteiger partial charge in [0.15, 0.2) is 0 Å². The second-order valence-electron chi connectivity index (χ2n) is 9.29. The lowest BCUT2D eigenvalue weighted by Crippen LogP contribution is -2.63. The Bertz CT molecular complexity index is 766. The minimum Gasteiger partial charge on any atom is -0.508 e. The van der Waals surface area contributed by atoms with Gasteiger partial charge in [-0.3, -0.25) is 0 Å². The number of unbranched alkanes of at least 4 members (excludes halogenated alkanes) is 2. The topological polar surface area (TPSA) is 66.8 Å². The standard InChI is InChI=1S/C22H30O4/c1-5-6-7-8-12-11-13(23)17-18(16(12)20(24)25)26-15-10-9-14-21(2,3)19(17)22(14,15)4/h11,14-15,19,23H,5-10H2,1-4H3,(H,24,25)/t14?,15-,19+,22+/m1/s1. The van der Waals surface area contributed by atoms with E-state index in [9.17, 15) is 15.0 Å². The van der Waals surface area contributed by atoms with E-state index in [1.165, 1.54) is 0 Å². The molecule has 3 aliphatic rings. The van der Waals surface area contributed by atoms with Crippen molar-refractivity contribution < 1.29 is 19.7 Å². The average molecular weight is 358 g/mol. The number of ether oxygens (including phenoxy) is 1. The molecule has 1 aromatic rings. The fraction of sp³-hybridized carbons (Fsp3) is 0.682. The third-order valence-electron chi connectivity index (χ3n) is 7.62. The quantitative estimate of drug-likeness (QED) is 0.717. The van der Waals surface area contributed by atoms with Crippen LogP contribution in [0.1, 0.15) is 87.2 Å². The summed E-state index contributed by atoms with van der Waals surface area (Å²) in [4.78, 5) is 12.1. The molecule has 0 radical (unpaired) electrons. The van der Waals surface area contributed by atoms with Crippen LogP contribution in [0.25, 0.3) is 0 Å². The zero-order valence-electron chi connectivity index (χ0n) is 16.3. The molecular weight excluding hydrogens is 328 g/mol. The molecule has 4 rings (SSSR count). The van der Waals surface area contributed by atoms with Crippen LogP contribution in [0.4, 0.5) is 0 Å². The predicted molar refractivity (Wildman–Crippen MR) is 100 cm³/mol. The maximum Gasteiger partial charge on any atom is 0.339 e. The third kappa shape index (κ3) is 2.04. The number of aryl methyl sites for hydroxylation is 1. The van der Waals surface area contributed by atoms with E-state index in [1.54, 1.807) is 6.07 Å². The van der Waals surface area contributed by atoms with Crippen molar-refractivity contribution in [3.63, 3.8) is 0 Å². The van der Waals surface area contributed by atoms with Crippen LogP contribution in [0.5, 0.6) is 11.5 Å². The number of aromatic carboxylic acids is 1. The molecule has 26 heavy (non-hydrogen) atoms. The molecule has 1 heterocycles. The van der Waals surface area contributed by atoms with Gasteiger partial charge >= 0.3 is 5.97 Å². The molecule has 2 saturated carbocycles. The molecule has 4 nitrogen and oxygen atoms in total. The Kier molecular flexibility index (Phi) is 3.84. The summed E-state index contributed by atoms with van der Waals surface area (Å²) in [7, 11) is 0. The fourth-order valence-electron chi connectivity index (χ4n) is 6.75. The molecule has 142 valence electrons. The molecule has 4 atom stereocenters. The number of carboxylic acid groups (broad SMARTS) is 1. The normalized spacial score (nSPS) is 33.0. The lowest BCUT2D eigenvalue weighted by atomic mass is 9.39. The monoisotopic (exact) mass is 358 g/mol. The van der Waals surface area contributed by atoms with Crippen LogP contribution in [-0.2, 0) is 6.42 Å². The van der Waals surface area contributed by atoms with Crippen molar-refractivity contribution in [3.05, 3.63) is 22.8 Å². The summed E-state index contributed by atoms with van der Waals surface area (Å²) in [5.41, 5.74) is 1.79. The fourth-order valence-corrected chi connectivity index (χ4v) is 6.75. The van der Waals surface area contributed by atoms with Crippen molar-refractivity contribution in [2.24, 2.45) is 16.7 Å². The molecular formula is C22H30O4. The Morgan fingerprint density at radius 1 is 1.27 bits per heavy atom. The molecule has 1 aromatic carbocycles. The zero-order chi connectivity index (χ0) is 18.9. The van der Waals surface area contributed by atoms with E-state index in [0.29, 0.717) is 23.7 Å². The van der Waals surface area contributed by atoms with Crippen molar-refractivity contribution in [2.75, 3.05) is 0 Å². The summed E-state index contributed by atoms with van der Waals surface area (Å²) >= 11 is 0. The molecule has 0 spiro atoms. The lowest BCUT2D eigenvalue weighted by Gasteiger charge is -2.66. The number of phenols is 1. The van der Waals surface area contributed by atoms with Gasteiger partial charge in [-0.2, -0.15) is 0 Å². The molecule has 1 aliphatic heterocycles. The first kappa shape index (κ1) is 17.7. The second-order valence-corrected chi connectivity index (χ2v) is 9.29. The van der Waals surface area contributed by atoms with Crippen molar-refractivity contribution in [3.8, 4) is 11.5 Å². The van der Waals surface area contributed by atoms with Crippen LogP contribution in [0, 0.1) is 16.7 Å². The number of rotatable bonds is 5. The highest BCUT2D eigenvalue weighted by molar-refractivity contribution is 5.94. The van der Waals surface area contributed by atoms with Crippen molar-refractivity contribution in [2.45, 2.75) is 78.2 Å². The number of aromatic hydroxyl groups is 1. The number of hydrogen-bond acceptors (Lipinski definition) is 3. The molecule has 0 saturated heterocycles. The van der Waals surface area contributed by atoms with Crippen molar-refractivity contribution >= 4 is 5.97 Å². The van der Waals surface area contributed by atoms with Crippen LogP contribution in [0.15, 0.2) is 6.07 Å². The van der Waals surface area contributed by atoms with Crippen LogP contribution in [0.3, 0.4) is 0 Å². The number of phenolic OH excluding ortho intramolecular Hbond substituents is 1. The van der Waals surface area contributed by atoms with Gasteiger partial charge in [0.25, 0.3) is 0 Å². The van der Waals surface area contributed by atoms with Gasteiger partial charge in [0.2, 0.25) is 0 Å². The Labute approximate surface area is 155 Å². The number of carbonyl (C=O) groups is 1. The first-order valence-electron chi connectivity index (χ1n) is 10.0. The van der Waals surface area contributed by atoms with E-state index in [1.807, 2.05) is 0 Å². The van der Waals surface area contributed by atoms with Crippen molar-refractivity contribution in [1.29, 1.82) is 0 Å². The lowest BCUT2D eigenvalue weighted by molar-refractivity contribution is -0.157. The van der Waals surface area contributed by atoms with Gasteiger partial charge in [-0.05, 0) is 48.6 Å². The number of carboxylic acids is 1. The highest BCUT2D eigenvalue weighted by Crippen LogP contribution is 2.78. The third-order valence-corrected chi connectivity index (χ3v) is 7.62. The molecule has 0 bridgehead atoms. The highest BCUT2D eigenvalue weighted by Gasteiger charge is 2.73.